The highest BCUT2D eigenvalue weighted by atomic mass is 15.0. The van der Waals surface area contributed by atoms with Crippen molar-refractivity contribution in [3.05, 3.63) is 24.5 Å². The topological polar surface area (TPSA) is 43.8 Å². The van der Waals surface area contributed by atoms with Gasteiger partial charge >= 0.3 is 0 Å². The van der Waals surface area contributed by atoms with Gasteiger partial charge in [0.2, 0.25) is 0 Å². The third-order valence-corrected chi connectivity index (χ3v) is 1.80. The van der Waals surface area contributed by atoms with Gasteiger partial charge in [0.25, 0.3) is 0 Å². The van der Waals surface area contributed by atoms with Gasteiger partial charge in [-0.3, -0.25) is 0 Å². The number of hydrogen-bond acceptors (Lipinski definition) is 2. The standard InChI is InChI=1S/C8H9N3/c1-11-5-3-6-7(9)2-4-10-8(6)11/h2-5H,1H3,(H2,9,10). The summed E-state index contributed by atoms with van der Waals surface area (Å²) in [6, 6.07) is 3.78. The fraction of sp³-hybridized carbons (Fsp3) is 0.125. The van der Waals surface area contributed by atoms with Crippen molar-refractivity contribution in [3.8, 4) is 0 Å². The first kappa shape index (κ1) is 6.22. The normalized spacial score (nSPS) is 10.6. The molecule has 3 nitrogen and oxygen atoms in total. The lowest BCUT2D eigenvalue weighted by molar-refractivity contribution is 0.949. The van der Waals surface area contributed by atoms with E-state index in [1.807, 2.05) is 29.9 Å². The van der Waals surface area contributed by atoms with Crippen LogP contribution in [0, 0.1) is 0 Å². The van der Waals surface area contributed by atoms with Crippen molar-refractivity contribution in [2.45, 2.75) is 0 Å². The van der Waals surface area contributed by atoms with E-state index in [0.29, 0.717) is 0 Å². The summed E-state index contributed by atoms with van der Waals surface area (Å²) in [6.45, 7) is 0. The minimum absolute atomic E-state index is 0.788. The Morgan fingerprint density at radius 3 is 3.00 bits per heavy atom. The second kappa shape index (κ2) is 1.99. The highest BCUT2D eigenvalue weighted by molar-refractivity contribution is 5.88. The summed E-state index contributed by atoms with van der Waals surface area (Å²) < 4.78 is 1.95. The minimum Gasteiger partial charge on any atom is -0.398 e. The van der Waals surface area contributed by atoms with Crippen molar-refractivity contribution in [1.29, 1.82) is 0 Å². The van der Waals surface area contributed by atoms with Crippen molar-refractivity contribution < 1.29 is 0 Å². The average Bonchev–Trinajstić information content (AvgIpc) is 2.35. The van der Waals surface area contributed by atoms with E-state index in [2.05, 4.69) is 4.98 Å². The van der Waals surface area contributed by atoms with E-state index >= 15 is 0 Å². The van der Waals surface area contributed by atoms with E-state index in [0.717, 1.165) is 16.7 Å². The molecule has 0 aromatic carbocycles. The first-order valence-electron chi connectivity index (χ1n) is 3.44. The van der Waals surface area contributed by atoms with Gasteiger partial charge in [0, 0.05) is 30.5 Å². The molecule has 0 spiro atoms. The van der Waals surface area contributed by atoms with Crippen LogP contribution in [0.15, 0.2) is 24.5 Å². The lowest BCUT2D eigenvalue weighted by Gasteiger charge is -1.95. The van der Waals surface area contributed by atoms with E-state index in [9.17, 15) is 0 Å². The molecule has 0 aliphatic carbocycles. The molecule has 2 aromatic heterocycles. The van der Waals surface area contributed by atoms with Gasteiger partial charge < -0.3 is 10.3 Å². The molecule has 0 saturated heterocycles. The van der Waals surface area contributed by atoms with E-state index in [-0.39, 0.29) is 0 Å². The number of nitrogens with two attached hydrogens (primary N) is 1. The third-order valence-electron chi connectivity index (χ3n) is 1.80. The number of nitrogen functional groups attached to an aromatic ring is 1. The average molecular weight is 147 g/mol. The molecule has 3 heteroatoms. The second-order valence-corrected chi connectivity index (χ2v) is 2.56. The maximum absolute atomic E-state index is 5.72. The molecule has 11 heavy (non-hydrogen) atoms. The molecule has 2 heterocycles. The Kier molecular flexibility index (Phi) is 1.12. The van der Waals surface area contributed by atoms with Gasteiger partial charge in [0.1, 0.15) is 5.65 Å². The zero-order valence-corrected chi connectivity index (χ0v) is 6.28. The SMILES string of the molecule is Cn1ccc2c(N)ccnc21. The molecule has 2 rings (SSSR count). The Morgan fingerprint density at radius 1 is 1.45 bits per heavy atom. The molecule has 0 bridgehead atoms. The Bertz CT molecular complexity index is 389. The van der Waals surface area contributed by atoms with Crippen LogP contribution in [0.1, 0.15) is 0 Å². The second-order valence-electron chi connectivity index (χ2n) is 2.56. The lowest BCUT2D eigenvalue weighted by Crippen LogP contribution is -1.90. The predicted molar refractivity (Wildman–Crippen MR) is 45.1 cm³/mol. The van der Waals surface area contributed by atoms with Gasteiger partial charge in [-0.25, -0.2) is 4.98 Å². The van der Waals surface area contributed by atoms with Crippen LogP contribution < -0.4 is 5.73 Å². The van der Waals surface area contributed by atoms with Gasteiger partial charge in [0.15, 0.2) is 0 Å². The van der Waals surface area contributed by atoms with Crippen molar-refractivity contribution >= 4 is 16.7 Å². The summed E-state index contributed by atoms with van der Waals surface area (Å²) in [5.74, 6) is 0. The molecule has 2 N–H and O–H groups in total. The maximum Gasteiger partial charge on any atom is 0.141 e. The van der Waals surface area contributed by atoms with Gasteiger partial charge in [-0.15, -0.1) is 0 Å². The number of rotatable bonds is 0. The van der Waals surface area contributed by atoms with E-state index in [4.69, 9.17) is 5.73 Å². The summed E-state index contributed by atoms with van der Waals surface area (Å²) in [5.41, 5.74) is 7.44. The van der Waals surface area contributed by atoms with E-state index in [1.54, 1.807) is 6.20 Å². The summed E-state index contributed by atoms with van der Waals surface area (Å²) in [4.78, 5) is 4.18. The van der Waals surface area contributed by atoms with Crippen molar-refractivity contribution in [1.82, 2.24) is 9.55 Å². The van der Waals surface area contributed by atoms with Crippen LogP contribution in [0.25, 0.3) is 11.0 Å². The Morgan fingerprint density at radius 2 is 2.27 bits per heavy atom. The monoisotopic (exact) mass is 147 g/mol. The minimum atomic E-state index is 0.788. The van der Waals surface area contributed by atoms with Crippen molar-refractivity contribution in [3.63, 3.8) is 0 Å². The smallest absolute Gasteiger partial charge is 0.141 e. The van der Waals surface area contributed by atoms with E-state index in [1.165, 1.54) is 0 Å². The first-order chi connectivity index (χ1) is 5.29. The van der Waals surface area contributed by atoms with Crippen LogP contribution in [-0.2, 0) is 7.05 Å². The zero-order valence-electron chi connectivity index (χ0n) is 6.28. The van der Waals surface area contributed by atoms with Gasteiger partial charge in [-0.2, -0.15) is 0 Å². The zero-order chi connectivity index (χ0) is 7.84. The molecule has 0 unspecified atom stereocenters. The van der Waals surface area contributed by atoms with Crippen LogP contribution in [0.2, 0.25) is 0 Å². The fourth-order valence-electron chi connectivity index (χ4n) is 1.19. The quantitative estimate of drug-likeness (QED) is 0.607. The van der Waals surface area contributed by atoms with Crippen LogP contribution in [0.5, 0.6) is 0 Å². The molecule has 0 atom stereocenters. The number of aromatic nitrogens is 2. The Labute approximate surface area is 64.5 Å². The molecule has 0 aliphatic rings. The van der Waals surface area contributed by atoms with Crippen LogP contribution in [-0.4, -0.2) is 9.55 Å². The van der Waals surface area contributed by atoms with Gasteiger partial charge in [-0.05, 0) is 12.1 Å². The summed E-state index contributed by atoms with van der Waals surface area (Å²) >= 11 is 0. The molecule has 56 valence electrons. The number of anilines is 1. The molecule has 0 amide bonds. The number of nitrogens with zero attached hydrogens (tertiary/aromatic N) is 2. The summed E-state index contributed by atoms with van der Waals surface area (Å²) in [6.07, 6.45) is 3.67. The molecule has 2 aromatic rings. The molecule has 0 radical (unpaired) electrons. The molecule has 0 fully saturated rings. The van der Waals surface area contributed by atoms with Crippen LogP contribution in [0.4, 0.5) is 5.69 Å². The largest absolute Gasteiger partial charge is 0.398 e. The Hall–Kier alpha value is -1.51. The van der Waals surface area contributed by atoms with Crippen molar-refractivity contribution in [2.24, 2.45) is 7.05 Å². The van der Waals surface area contributed by atoms with Crippen LogP contribution in [0.3, 0.4) is 0 Å². The maximum atomic E-state index is 5.72. The number of fused-ring (bicyclic) bond motifs is 1. The fourth-order valence-corrected chi connectivity index (χ4v) is 1.19. The number of pyridine rings is 1. The summed E-state index contributed by atoms with van der Waals surface area (Å²) in [5, 5.41) is 1.02. The first-order valence-corrected chi connectivity index (χ1v) is 3.44. The molecular formula is C8H9N3. The van der Waals surface area contributed by atoms with E-state index < -0.39 is 0 Å². The van der Waals surface area contributed by atoms with Crippen LogP contribution >= 0.6 is 0 Å². The molecule has 0 saturated carbocycles. The van der Waals surface area contributed by atoms with Gasteiger partial charge in [0.05, 0.1) is 0 Å². The highest BCUT2D eigenvalue weighted by Crippen LogP contribution is 2.17. The highest BCUT2D eigenvalue weighted by Gasteiger charge is 1.99. The summed E-state index contributed by atoms with van der Waals surface area (Å²) in [7, 11) is 1.95. The molecule has 0 aliphatic heterocycles. The Balaban J connectivity index is 2.94. The third kappa shape index (κ3) is 0.774. The predicted octanol–water partition coefficient (Wildman–Crippen LogP) is 1.16. The molecular weight excluding hydrogens is 138 g/mol. The van der Waals surface area contributed by atoms with Crippen molar-refractivity contribution in [2.75, 3.05) is 5.73 Å². The lowest BCUT2D eigenvalue weighted by atomic mass is 10.3. The van der Waals surface area contributed by atoms with Gasteiger partial charge in [-0.1, -0.05) is 0 Å². The number of hydrogen-bond donors (Lipinski definition) is 1. The number of aryl methyl sites for hydroxylation is 1.